The van der Waals surface area contributed by atoms with Crippen LogP contribution in [0.1, 0.15) is 0 Å². The second kappa shape index (κ2) is 2.66. The van der Waals surface area contributed by atoms with Gasteiger partial charge in [0, 0.05) is 0 Å². The fourth-order valence-corrected chi connectivity index (χ4v) is 0. The summed E-state index contributed by atoms with van der Waals surface area (Å²) < 4.78 is 0. The first-order valence-electron chi connectivity index (χ1n) is 1.07. The Morgan fingerprint density at radius 1 is 2.00 bits per heavy atom. The Labute approximate surface area is 25.3 Å². The molecule has 0 rings (SSSR count). The average Bonchev–Trinajstić information content (AvgIpc) is 1.37. The van der Waals surface area contributed by atoms with Crippen LogP contribution in [0.15, 0.2) is 12.8 Å². The van der Waals surface area contributed by atoms with E-state index in [0.29, 0.717) is 0 Å². The lowest BCUT2D eigenvalue weighted by Crippen LogP contribution is -2.85. The third-order valence-corrected chi connectivity index (χ3v) is 0.136. The molecule has 24 valence electrons. The van der Waals surface area contributed by atoms with Gasteiger partial charge in [0.2, 0.25) is 0 Å². The molecule has 0 fully saturated rings. The largest absolute Gasteiger partial charge is 0.246 e. The fourth-order valence-electron chi connectivity index (χ4n) is 0. The normalized spacial score (nSPS) is 6.25. The molecule has 0 aromatic rings. The smallest absolute Gasteiger partial charge is 0.104 e. The minimum Gasteiger partial charge on any atom is -0.246 e. The van der Waals surface area contributed by atoms with Crippen molar-refractivity contribution in [2.24, 2.45) is 5.84 Å². The van der Waals surface area contributed by atoms with Gasteiger partial charge in [-0.05, 0) is 6.58 Å². The van der Waals surface area contributed by atoms with Crippen LogP contribution in [0.5, 0.6) is 0 Å². The minimum absolute atomic E-state index is 1.39. The summed E-state index contributed by atoms with van der Waals surface area (Å²) in [5, 5.41) is 0. The van der Waals surface area contributed by atoms with Crippen molar-refractivity contribution in [3.05, 3.63) is 12.8 Å². The van der Waals surface area contributed by atoms with E-state index in [0.717, 1.165) is 0 Å². The molecule has 0 saturated carbocycles. The summed E-state index contributed by atoms with van der Waals surface area (Å²) in [6, 6.07) is 0. The Morgan fingerprint density at radius 2 is 2.25 bits per heavy atom. The maximum absolute atomic E-state index is 4.78. The van der Waals surface area contributed by atoms with Crippen LogP contribution >= 0.6 is 0 Å². The molecule has 0 heterocycles. The van der Waals surface area contributed by atoms with Crippen molar-refractivity contribution in [1.82, 2.24) is 0 Å². The van der Waals surface area contributed by atoms with Crippen LogP contribution in [-0.2, 0) is 0 Å². The molecule has 0 aliphatic heterocycles. The van der Waals surface area contributed by atoms with E-state index in [2.05, 4.69) is 6.58 Å². The van der Waals surface area contributed by atoms with E-state index in [1.54, 1.807) is 0 Å². The van der Waals surface area contributed by atoms with Crippen molar-refractivity contribution in [3.63, 3.8) is 0 Å². The van der Waals surface area contributed by atoms with E-state index in [9.17, 15) is 0 Å². The van der Waals surface area contributed by atoms with Crippen molar-refractivity contribution in [1.29, 1.82) is 0 Å². The van der Waals surface area contributed by atoms with Gasteiger partial charge in [-0.2, -0.15) is 5.84 Å². The van der Waals surface area contributed by atoms with Crippen molar-refractivity contribution >= 4 is 0 Å². The van der Waals surface area contributed by atoms with Gasteiger partial charge in [-0.1, -0.05) is 0 Å². The number of quaternary nitrogens is 1. The molecule has 2 heteroatoms. The Balaban J connectivity index is 2.30. The molecule has 4 heavy (non-hydrogen) atoms. The van der Waals surface area contributed by atoms with Crippen LogP contribution in [0.25, 0.3) is 0 Å². The highest BCUT2D eigenvalue weighted by Crippen LogP contribution is 1.08. The number of nitrogens with two attached hydrogens (primary N) is 2. The summed E-state index contributed by atoms with van der Waals surface area (Å²) in [5.41, 5.74) is 1.39. The van der Waals surface area contributed by atoms with Crippen molar-refractivity contribution < 1.29 is 5.43 Å². The van der Waals surface area contributed by atoms with Crippen LogP contribution in [0.4, 0.5) is 0 Å². The average molecular weight is 59.1 g/mol. The summed E-state index contributed by atoms with van der Waals surface area (Å²) in [6.07, 6.45) is 1.53. The van der Waals surface area contributed by atoms with Gasteiger partial charge in [0.15, 0.2) is 0 Å². The maximum Gasteiger partial charge on any atom is 0.104 e. The van der Waals surface area contributed by atoms with E-state index < -0.39 is 0 Å². The van der Waals surface area contributed by atoms with Gasteiger partial charge in [-0.25, -0.2) is 5.43 Å². The Hall–Kier alpha value is -0.340. The van der Waals surface area contributed by atoms with E-state index in [1.807, 2.05) is 0 Å². The second-order valence-electron chi connectivity index (χ2n) is 0.428. The molecule has 0 aliphatic carbocycles. The van der Waals surface area contributed by atoms with Gasteiger partial charge in [0.25, 0.3) is 0 Å². The molecule has 0 atom stereocenters. The fraction of sp³-hybridized carbons (Fsp3) is 0. The van der Waals surface area contributed by atoms with Crippen molar-refractivity contribution in [3.8, 4) is 0 Å². The van der Waals surface area contributed by atoms with E-state index in [1.165, 1.54) is 11.6 Å². The third kappa shape index (κ3) is 1.66. The summed E-state index contributed by atoms with van der Waals surface area (Å²) >= 11 is 0. The second-order valence-corrected chi connectivity index (χ2v) is 0.428. The number of hydrogen-bond donors (Lipinski definition) is 2. The summed E-state index contributed by atoms with van der Waals surface area (Å²) in [6.45, 7) is 3.30. The van der Waals surface area contributed by atoms with E-state index >= 15 is 0 Å². The molecule has 0 unspecified atom stereocenters. The van der Waals surface area contributed by atoms with E-state index in [4.69, 9.17) is 5.84 Å². The minimum atomic E-state index is 1.39. The predicted molar refractivity (Wildman–Crippen MR) is 16.3 cm³/mol. The van der Waals surface area contributed by atoms with Crippen LogP contribution in [-0.4, -0.2) is 0 Å². The van der Waals surface area contributed by atoms with Gasteiger partial charge in [-0.15, -0.1) is 0 Å². The highest BCUT2D eigenvalue weighted by Gasteiger charge is 1.42. The Kier molecular flexibility index (Phi) is 2.43. The van der Waals surface area contributed by atoms with Crippen LogP contribution in [0.3, 0.4) is 0 Å². The monoisotopic (exact) mass is 59.1 g/mol. The van der Waals surface area contributed by atoms with Crippen molar-refractivity contribution in [2.75, 3.05) is 0 Å². The SMILES string of the molecule is C=C[NH2+]N. The Bertz CT molecular complexity index is 18.0. The number of rotatable bonds is 1. The first-order valence-corrected chi connectivity index (χ1v) is 1.07. The molecular formula is C2H7N2+. The Morgan fingerprint density at radius 3 is 2.25 bits per heavy atom. The topological polar surface area (TPSA) is 42.6 Å². The van der Waals surface area contributed by atoms with E-state index in [-0.39, 0.29) is 0 Å². The quantitative estimate of drug-likeness (QED) is 0.282. The van der Waals surface area contributed by atoms with Gasteiger partial charge >= 0.3 is 0 Å². The molecule has 0 bridgehead atoms. The lowest BCUT2D eigenvalue weighted by Gasteiger charge is -1.63. The first kappa shape index (κ1) is 3.66. The third-order valence-electron chi connectivity index (χ3n) is 0.136. The van der Waals surface area contributed by atoms with Crippen LogP contribution in [0, 0.1) is 0 Å². The van der Waals surface area contributed by atoms with Crippen LogP contribution in [0.2, 0.25) is 0 Å². The molecule has 0 aliphatic rings. The molecule has 0 aromatic carbocycles. The van der Waals surface area contributed by atoms with Gasteiger partial charge in [-0.3, -0.25) is 0 Å². The van der Waals surface area contributed by atoms with Gasteiger partial charge in [0.05, 0.1) is 0 Å². The van der Waals surface area contributed by atoms with Gasteiger partial charge in [0.1, 0.15) is 6.20 Å². The molecule has 0 amide bonds. The molecule has 0 radical (unpaired) electrons. The molecule has 0 saturated heterocycles. The van der Waals surface area contributed by atoms with Gasteiger partial charge < -0.3 is 0 Å². The highest BCUT2D eigenvalue weighted by atomic mass is 15.2. The molecule has 0 aromatic heterocycles. The summed E-state index contributed by atoms with van der Waals surface area (Å²) in [5.74, 6) is 4.78. The molecule has 2 nitrogen and oxygen atoms in total. The van der Waals surface area contributed by atoms with Crippen LogP contribution < -0.4 is 11.3 Å². The summed E-state index contributed by atoms with van der Waals surface area (Å²) in [7, 11) is 0. The predicted octanol–water partition coefficient (Wildman–Crippen LogP) is -1.43. The molecular weight excluding hydrogens is 52.0 g/mol. The zero-order valence-electron chi connectivity index (χ0n) is 2.44. The standard InChI is InChI=1S/C2H6N2/c1-2-4-3/h2,4H,1,3H2/p+1. The summed E-state index contributed by atoms with van der Waals surface area (Å²) in [4.78, 5) is 0. The zero-order valence-corrected chi connectivity index (χ0v) is 2.44. The maximum atomic E-state index is 4.78. The molecule has 4 N–H and O–H groups in total. The van der Waals surface area contributed by atoms with Crippen molar-refractivity contribution in [2.45, 2.75) is 0 Å². The highest BCUT2D eigenvalue weighted by molar-refractivity contribution is 4.36. The lowest BCUT2D eigenvalue weighted by molar-refractivity contribution is -0.600. The first-order chi connectivity index (χ1) is 1.91. The number of hydrogen-bond acceptors (Lipinski definition) is 1. The zero-order chi connectivity index (χ0) is 3.41. The lowest BCUT2D eigenvalue weighted by atomic mass is 11.1. The molecule has 0 spiro atoms.